The zero-order valence-electron chi connectivity index (χ0n) is 13.0. The van der Waals surface area contributed by atoms with E-state index in [1.807, 2.05) is 0 Å². The van der Waals surface area contributed by atoms with Crippen molar-refractivity contribution in [1.82, 2.24) is 0 Å². The minimum absolute atomic E-state index is 0.0703. The average Bonchev–Trinajstić information content (AvgIpc) is 3.01. The molecule has 0 saturated heterocycles. The van der Waals surface area contributed by atoms with Crippen LogP contribution in [-0.4, -0.2) is 60.5 Å². The Labute approximate surface area is 142 Å². The second-order valence-electron chi connectivity index (χ2n) is 4.37. The molecule has 9 heteroatoms. The summed E-state index contributed by atoms with van der Waals surface area (Å²) in [4.78, 5) is 42.6. The van der Waals surface area contributed by atoms with E-state index in [1.165, 1.54) is 24.3 Å². The molecular weight excluding hydrogens is 336 g/mol. The van der Waals surface area contributed by atoms with Crippen LogP contribution in [0.3, 0.4) is 0 Å². The van der Waals surface area contributed by atoms with E-state index in [-0.39, 0.29) is 37.6 Å². The van der Waals surface area contributed by atoms with Gasteiger partial charge in [-0.1, -0.05) is 0 Å². The number of hydrogen-bond acceptors (Lipinski definition) is 9. The van der Waals surface area contributed by atoms with Crippen LogP contribution in [0.25, 0.3) is 0 Å². The van der Waals surface area contributed by atoms with E-state index < -0.39 is 23.9 Å². The molecular formula is C16H16O9. The van der Waals surface area contributed by atoms with Gasteiger partial charge >= 0.3 is 23.9 Å². The molecule has 0 radical (unpaired) electrons. The lowest BCUT2D eigenvalue weighted by Gasteiger charge is -2.05. The van der Waals surface area contributed by atoms with Crippen LogP contribution in [0.4, 0.5) is 0 Å². The van der Waals surface area contributed by atoms with Gasteiger partial charge in [-0.25, -0.2) is 19.2 Å². The maximum absolute atomic E-state index is 11.4. The van der Waals surface area contributed by atoms with Gasteiger partial charge in [0, 0.05) is 12.2 Å². The van der Waals surface area contributed by atoms with Gasteiger partial charge in [-0.3, -0.25) is 0 Å². The van der Waals surface area contributed by atoms with E-state index in [1.54, 1.807) is 0 Å². The molecule has 0 bridgehead atoms. The highest BCUT2D eigenvalue weighted by atomic mass is 16.6. The second kappa shape index (κ2) is 10.7. The number of ether oxygens (including phenoxy) is 3. The fourth-order valence-electron chi connectivity index (χ4n) is 1.49. The third-order valence-electron chi connectivity index (χ3n) is 2.56. The van der Waals surface area contributed by atoms with Gasteiger partial charge in [-0.05, 0) is 24.3 Å². The van der Waals surface area contributed by atoms with Gasteiger partial charge in [0.15, 0.2) is 0 Å². The molecule has 0 atom stereocenters. The van der Waals surface area contributed by atoms with Crippen LogP contribution in [0, 0.1) is 0 Å². The number of cyclic esters (lactones) is 2. The Kier molecular flexibility index (Phi) is 8.55. The maximum atomic E-state index is 11.4. The highest BCUT2D eigenvalue weighted by Gasteiger charge is 2.11. The molecule has 0 saturated carbocycles. The van der Waals surface area contributed by atoms with Crippen LogP contribution in [0.1, 0.15) is 20.7 Å². The Morgan fingerprint density at radius 1 is 0.800 bits per heavy atom. The molecule has 1 aromatic rings. The van der Waals surface area contributed by atoms with Gasteiger partial charge in [0.2, 0.25) is 0 Å². The summed E-state index contributed by atoms with van der Waals surface area (Å²) in [5.41, 5.74) is 0.560. The first kappa shape index (κ1) is 20.0. The first-order chi connectivity index (χ1) is 12.0. The van der Waals surface area contributed by atoms with Crippen molar-refractivity contribution < 1.29 is 43.6 Å². The minimum Gasteiger partial charge on any atom is -0.460 e. The summed E-state index contributed by atoms with van der Waals surface area (Å²) >= 11 is 0. The smallest absolute Gasteiger partial charge is 0.338 e. The summed E-state index contributed by atoms with van der Waals surface area (Å²) in [6.07, 6.45) is 2.17. The van der Waals surface area contributed by atoms with Gasteiger partial charge in [-0.2, -0.15) is 0 Å². The molecule has 1 aliphatic rings. The van der Waals surface area contributed by atoms with Crippen LogP contribution in [0.5, 0.6) is 0 Å². The number of carbonyl (C=O) groups is 4. The molecule has 1 aromatic carbocycles. The third kappa shape index (κ3) is 7.38. The topological polar surface area (TPSA) is 136 Å². The molecule has 0 amide bonds. The van der Waals surface area contributed by atoms with Crippen molar-refractivity contribution in [3.63, 3.8) is 0 Å². The van der Waals surface area contributed by atoms with Crippen molar-refractivity contribution in [2.24, 2.45) is 0 Å². The number of carbonyl (C=O) groups excluding carboxylic acids is 4. The largest absolute Gasteiger partial charge is 0.460 e. The second-order valence-corrected chi connectivity index (χ2v) is 4.37. The first-order valence-corrected chi connectivity index (χ1v) is 7.07. The lowest BCUT2D eigenvalue weighted by atomic mass is 10.1. The molecule has 0 aliphatic carbocycles. The molecule has 1 heterocycles. The van der Waals surface area contributed by atoms with Crippen molar-refractivity contribution in [1.29, 1.82) is 0 Å². The van der Waals surface area contributed by atoms with Gasteiger partial charge < -0.3 is 24.4 Å². The predicted molar refractivity (Wildman–Crippen MR) is 81.4 cm³/mol. The minimum atomic E-state index is -0.579. The molecule has 0 fully saturated rings. The Morgan fingerprint density at radius 3 is 1.40 bits per heavy atom. The standard InChI is InChI=1S/C12H14O6.C4H2O3/c13-5-7-17-11(15)9-1-2-10(4-3-9)12(16)18-8-6-14;5-3-1-2-4(6)7-3/h1-4,13-14H,5-8H2;1-2H. The van der Waals surface area contributed by atoms with Crippen LogP contribution in [0.15, 0.2) is 36.4 Å². The Balaban J connectivity index is 0.000000370. The Hall–Kier alpha value is -3.04. The lowest BCUT2D eigenvalue weighted by molar-refractivity contribution is -0.150. The molecule has 134 valence electrons. The van der Waals surface area contributed by atoms with E-state index >= 15 is 0 Å². The molecule has 0 spiro atoms. The zero-order valence-corrected chi connectivity index (χ0v) is 13.0. The third-order valence-corrected chi connectivity index (χ3v) is 2.56. The fourth-order valence-corrected chi connectivity index (χ4v) is 1.49. The highest BCUT2D eigenvalue weighted by Crippen LogP contribution is 2.07. The summed E-state index contributed by atoms with van der Waals surface area (Å²) in [5.74, 6) is -2.30. The summed E-state index contributed by atoms with van der Waals surface area (Å²) < 4.78 is 13.4. The molecule has 1 aliphatic heterocycles. The van der Waals surface area contributed by atoms with Crippen molar-refractivity contribution in [3.05, 3.63) is 47.5 Å². The van der Waals surface area contributed by atoms with Crippen molar-refractivity contribution in [2.45, 2.75) is 0 Å². The average molecular weight is 352 g/mol. The van der Waals surface area contributed by atoms with Crippen LogP contribution in [0.2, 0.25) is 0 Å². The Bertz CT molecular complexity index is 591. The monoisotopic (exact) mass is 352 g/mol. The van der Waals surface area contributed by atoms with E-state index in [4.69, 9.17) is 19.7 Å². The normalized spacial score (nSPS) is 12.1. The van der Waals surface area contributed by atoms with E-state index in [0.717, 1.165) is 12.2 Å². The number of rotatable bonds is 6. The fraction of sp³-hybridized carbons (Fsp3) is 0.250. The SMILES string of the molecule is O=C(OCCO)c1ccc(C(=O)OCCO)cc1.O=C1C=CC(=O)O1. The summed E-state index contributed by atoms with van der Waals surface area (Å²) in [5, 5.41) is 17.0. The molecule has 0 unspecified atom stereocenters. The van der Waals surface area contributed by atoms with Crippen LogP contribution in [-0.2, 0) is 23.8 Å². The summed E-state index contributed by atoms with van der Waals surface area (Å²) in [7, 11) is 0. The number of aliphatic hydroxyl groups excluding tert-OH is 2. The molecule has 25 heavy (non-hydrogen) atoms. The molecule has 2 N–H and O–H groups in total. The molecule has 9 nitrogen and oxygen atoms in total. The van der Waals surface area contributed by atoms with Gasteiger partial charge in [-0.15, -0.1) is 0 Å². The van der Waals surface area contributed by atoms with Gasteiger partial charge in [0.05, 0.1) is 24.3 Å². The number of hydrogen-bond donors (Lipinski definition) is 2. The van der Waals surface area contributed by atoms with Crippen LogP contribution >= 0.6 is 0 Å². The summed E-state index contributed by atoms with van der Waals surface area (Å²) in [6.45, 7) is -0.618. The molecule has 0 aromatic heterocycles. The van der Waals surface area contributed by atoms with Crippen LogP contribution < -0.4 is 0 Å². The number of benzene rings is 1. The van der Waals surface area contributed by atoms with E-state index in [9.17, 15) is 19.2 Å². The quantitative estimate of drug-likeness (QED) is 0.398. The summed E-state index contributed by atoms with van der Waals surface area (Å²) in [6, 6.07) is 5.70. The molecule has 2 rings (SSSR count). The first-order valence-electron chi connectivity index (χ1n) is 7.07. The van der Waals surface area contributed by atoms with Crippen molar-refractivity contribution in [3.8, 4) is 0 Å². The van der Waals surface area contributed by atoms with Crippen molar-refractivity contribution in [2.75, 3.05) is 26.4 Å². The maximum Gasteiger partial charge on any atom is 0.338 e. The number of aliphatic hydroxyl groups is 2. The van der Waals surface area contributed by atoms with E-state index in [0.29, 0.717) is 0 Å². The number of esters is 4. The Morgan fingerprint density at radius 2 is 1.16 bits per heavy atom. The predicted octanol–water partition coefficient (Wildman–Crippen LogP) is -0.389. The highest BCUT2D eigenvalue weighted by molar-refractivity contribution is 6.04. The van der Waals surface area contributed by atoms with Gasteiger partial charge in [0.25, 0.3) is 0 Å². The van der Waals surface area contributed by atoms with Gasteiger partial charge in [0.1, 0.15) is 13.2 Å². The zero-order chi connectivity index (χ0) is 18.7. The lowest BCUT2D eigenvalue weighted by Crippen LogP contribution is -2.11. The van der Waals surface area contributed by atoms with Crippen molar-refractivity contribution >= 4 is 23.9 Å². The van der Waals surface area contributed by atoms with E-state index in [2.05, 4.69) is 4.74 Å².